The summed E-state index contributed by atoms with van der Waals surface area (Å²) < 4.78 is 0. The number of hydrogen-bond acceptors (Lipinski definition) is 2. The first kappa shape index (κ1) is 11.5. The lowest BCUT2D eigenvalue weighted by Crippen LogP contribution is -2.57. The van der Waals surface area contributed by atoms with Gasteiger partial charge in [-0.25, -0.2) is 0 Å². The van der Waals surface area contributed by atoms with E-state index in [4.69, 9.17) is 0 Å². The van der Waals surface area contributed by atoms with Crippen molar-refractivity contribution in [1.82, 2.24) is 5.32 Å². The molecule has 2 heteroatoms. The number of piperazine rings is 1. The molecule has 0 spiro atoms. The topological polar surface area (TPSA) is 15.3 Å². The van der Waals surface area contributed by atoms with E-state index in [1.807, 2.05) is 0 Å². The Balaban J connectivity index is 2.20. The molecular weight excluding hydrogens is 196 g/mol. The molecule has 88 valence electrons. The van der Waals surface area contributed by atoms with Crippen LogP contribution in [0, 0.1) is 13.8 Å². The van der Waals surface area contributed by atoms with Crippen LogP contribution < -0.4 is 10.2 Å². The molecule has 1 heterocycles. The van der Waals surface area contributed by atoms with Crippen molar-refractivity contribution in [3.8, 4) is 0 Å². The normalized spacial score (nSPS) is 19.9. The van der Waals surface area contributed by atoms with E-state index in [0.717, 1.165) is 19.6 Å². The van der Waals surface area contributed by atoms with Crippen molar-refractivity contribution >= 4 is 5.69 Å². The molecule has 0 atom stereocenters. The number of aryl methyl sites for hydroxylation is 2. The highest BCUT2D eigenvalue weighted by atomic mass is 15.2. The van der Waals surface area contributed by atoms with E-state index in [1.54, 1.807) is 0 Å². The van der Waals surface area contributed by atoms with Gasteiger partial charge in [-0.2, -0.15) is 0 Å². The highest BCUT2D eigenvalue weighted by Gasteiger charge is 2.25. The molecule has 1 aliphatic rings. The van der Waals surface area contributed by atoms with Gasteiger partial charge >= 0.3 is 0 Å². The van der Waals surface area contributed by atoms with Crippen molar-refractivity contribution in [3.63, 3.8) is 0 Å². The molecule has 0 radical (unpaired) electrons. The van der Waals surface area contributed by atoms with E-state index in [1.165, 1.54) is 16.8 Å². The van der Waals surface area contributed by atoms with Gasteiger partial charge in [-0.3, -0.25) is 0 Å². The van der Waals surface area contributed by atoms with Gasteiger partial charge in [0.1, 0.15) is 0 Å². The van der Waals surface area contributed by atoms with Crippen molar-refractivity contribution < 1.29 is 0 Å². The van der Waals surface area contributed by atoms with E-state index in [-0.39, 0.29) is 5.54 Å². The summed E-state index contributed by atoms with van der Waals surface area (Å²) in [5.41, 5.74) is 4.33. The van der Waals surface area contributed by atoms with Gasteiger partial charge in [0.2, 0.25) is 0 Å². The third-order valence-electron chi connectivity index (χ3n) is 3.43. The molecule has 0 aromatic heterocycles. The quantitative estimate of drug-likeness (QED) is 0.779. The largest absolute Gasteiger partial charge is 0.368 e. The van der Waals surface area contributed by atoms with E-state index >= 15 is 0 Å². The maximum absolute atomic E-state index is 3.54. The van der Waals surface area contributed by atoms with Crippen LogP contribution in [0.3, 0.4) is 0 Å². The van der Waals surface area contributed by atoms with Crippen molar-refractivity contribution in [2.75, 3.05) is 24.5 Å². The number of nitrogens with zero attached hydrogens (tertiary/aromatic N) is 1. The Morgan fingerprint density at radius 3 is 2.56 bits per heavy atom. The first-order valence-corrected chi connectivity index (χ1v) is 6.05. The highest BCUT2D eigenvalue weighted by molar-refractivity contribution is 5.51. The standard InChI is InChI=1S/C14H22N2/c1-11-5-6-13(9-12(11)2)16-8-7-15-14(3,4)10-16/h5-6,9,15H,7-8,10H2,1-4H3. The third-order valence-corrected chi connectivity index (χ3v) is 3.43. The van der Waals surface area contributed by atoms with Gasteiger partial charge in [-0.15, -0.1) is 0 Å². The van der Waals surface area contributed by atoms with Crippen LogP contribution in [0.1, 0.15) is 25.0 Å². The Hall–Kier alpha value is -1.02. The van der Waals surface area contributed by atoms with Gasteiger partial charge in [0, 0.05) is 30.9 Å². The molecule has 1 N–H and O–H groups in total. The summed E-state index contributed by atoms with van der Waals surface area (Å²) in [6.45, 7) is 12.1. The zero-order chi connectivity index (χ0) is 11.8. The average Bonchev–Trinajstić information content (AvgIpc) is 2.20. The second-order valence-corrected chi connectivity index (χ2v) is 5.50. The maximum atomic E-state index is 3.54. The predicted molar refractivity (Wildman–Crippen MR) is 70.2 cm³/mol. The first-order chi connectivity index (χ1) is 7.48. The number of anilines is 1. The smallest absolute Gasteiger partial charge is 0.0370 e. The Labute approximate surface area is 98.7 Å². The maximum Gasteiger partial charge on any atom is 0.0370 e. The van der Waals surface area contributed by atoms with Crippen molar-refractivity contribution in [3.05, 3.63) is 29.3 Å². The van der Waals surface area contributed by atoms with Crippen LogP contribution in [0.15, 0.2) is 18.2 Å². The monoisotopic (exact) mass is 218 g/mol. The Morgan fingerprint density at radius 2 is 1.94 bits per heavy atom. The summed E-state index contributed by atoms with van der Waals surface area (Å²) in [6.07, 6.45) is 0. The minimum Gasteiger partial charge on any atom is -0.368 e. The molecular formula is C14H22N2. The zero-order valence-corrected chi connectivity index (χ0v) is 10.8. The van der Waals surface area contributed by atoms with Gasteiger partial charge < -0.3 is 10.2 Å². The lowest BCUT2D eigenvalue weighted by molar-refractivity contribution is 0.353. The molecule has 0 saturated carbocycles. The summed E-state index contributed by atoms with van der Waals surface area (Å²) in [7, 11) is 0. The third kappa shape index (κ3) is 2.38. The fraction of sp³-hybridized carbons (Fsp3) is 0.571. The van der Waals surface area contributed by atoms with Gasteiger partial charge in [0.15, 0.2) is 0 Å². The van der Waals surface area contributed by atoms with Gasteiger partial charge in [0.25, 0.3) is 0 Å². The average molecular weight is 218 g/mol. The molecule has 1 saturated heterocycles. The minimum atomic E-state index is 0.219. The lowest BCUT2D eigenvalue weighted by Gasteiger charge is -2.40. The second-order valence-electron chi connectivity index (χ2n) is 5.50. The van der Waals surface area contributed by atoms with E-state index in [0.29, 0.717) is 0 Å². The lowest BCUT2D eigenvalue weighted by atomic mass is 10.0. The summed E-state index contributed by atoms with van der Waals surface area (Å²) in [5.74, 6) is 0. The Kier molecular flexibility index (Phi) is 2.94. The summed E-state index contributed by atoms with van der Waals surface area (Å²) in [5, 5.41) is 3.54. The summed E-state index contributed by atoms with van der Waals surface area (Å²) in [6, 6.07) is 6.76. The van der Waals surface area contributed by atoms with Crippen LogP contribution in [0.2, 0.25) is 0 Å². The molecule has 0 bridgehead atoms. The molecule has 1 aliphatic heterocycles. The molecule has 0 amide bonds. The molecule has 0 unspecified atom stereocenters. The van der Waals surface area contributed by atoms with Crippen LogP contribution in [-0.2, 0) is 0 Å². The van der Waals surface area contributed by atoms with Crippen molar-refractivity contribution in [2.24, 2.45) is 0 Å². The van der Waals surface area contributed by atoms with E-state index in [9.17, 15) is 0 Å². The fourth-order valence-electron chi connectivity index (χ4n) is 2.28. The van der Waals surface area contributed by atoms with Crippen LogP contribution in [-0.4, -0.2) is 25.2 Å². The first-order valence-electron chi connectivity index (χ1n) is 6.05. The fourth-order valence-corrected chi connectivity index (χ4v) is 2.28. The predicted octanol–water partition coefficient (Wildman–Crippen LogP) is 2.49. The van der Waals surface area contributed by atoms with Crippen LogP contribution >= 0.6 is 0 Å². The molecule has 0 aliphatic carbocycles. The Bertz CT molecular complexity index is 382. The SMILES string of the molecule is Cc1ccc(N2CCNC(C)(C)C2)cc1C. The molecule has 1 aromatic carbocycles. The number of nitrogens with one attached hydrogen (secondary N) is 1. The molecule has 2 nitrogen and oxygen atoms in total. The second kappa shape index (κ2) is 4.10. The molecule has 1 aromatic rings. The number of rotatable bonds is 1. The molecule has 16 heavy (non-hydrogen) atoms. The van der Waals surface area contributed by atoms with Gasteiger partial charge in [-0.05, 0) is 51.0 Å². The molecule has 1 fully saturated rings. The Morgan fingerprint density at radius 1 is 1.19 bits per heavy atom. The summed E-state index contributed by atoms with van der Waals surface area (Å²) >= 11 is 0. The van der Waals surface area contributed by atoms with Crippen LogP contribution in [0.4, 0.5) is 5.69 Å². The number of benzene rings is 1. The summed E-state index contributed by atoms with van der Waals surface area (Å²) in [4.78, 5) is 2.48. The molecule has 2 rings (SSSR count). The van der Waals surface area contributed by atoms with E-state index in [2.05, 4.69) is 56.1 Å². The van der Waals surface area contributed by atoms with Gasteiger partial charge in [-0.1, -0.05) is 6.07 Å². The van der Waals surface area contributed by atoms with E-state index < -0.39 is 0 Å². The van der Waals surface area contributed by atoms with Gasteiger partial charge in [0.05, 0.1) is 0 Å². The van der Waals surface area contributed by atoms with Crippen LogP contribution in [0.5, 0.6) is 0 Å². The van der Waals surface area contributed by atoms with Crippen LogP contribution in [0.25, 0.3) is 0 Å². The van der Waals surface area contributed by atoms with Crippen molar-refractivity contribution in [2.45, 2.75) is 33.2 Å². The minimum absolute atomic E-state index is 0.219. The zero-order valence-electron chi connectivity index (χ0n) is 10.8. The number of hydrogen-bond donors (Lipinski definition) is 1. The van der Waals surface area contributed by atoms with Crippen molar-refractivity contribution in [1.29, 1.82) is 0 Å². The highest BCUT2D eigenvalue weighted by Crippen LogP contribution is 2.22.